The molecule has 0 aliphatic rings. The monoisotopic (exact) mass is 430 g/mol. The van der Waals surface area contributed by atoms with Gasteiger partial charge in [0.05, 0.1) is 16.9 Å². The Morgan fingerprint density at radius 3 is 2.43 bits per heavy atom. The maximum Gasteiger partial charge on any atom is 0.253 e. The SMILES string of the molecule is CCCCCCNC(=O)c1cc(-c2ccc(Cl)cc2)n(-c2ccc(F)cc2F)c1C. The topological polar surface area (TPSA) is 34.0 Å². The summed E-state index contributed by atoms with van der Waals surface area (Å²) in [4.78, 5) is 12.8. The first-order valence-corrected chi connectivity index (χ1v) is 10.5. The molecule has 2 aromatic carbocycles. The van der Waals surface area contributed by atoms with Crippen molar-refractivity contribution in [2.45, 2.75) is 39.5 Å². The summed E-state index contributed by atoms with van der Waals surface area (Å²) >= 11 is 6.01. The molecule has 6 heteroatoms. The van der Waals surface area contributed by atoms with Crippen LogP contribution >= 0.6 is 11.6 Å². The van der Waals surface area contributed by atoms with Gasteiger partial charge in [-0.15, -0.1) is 0 Å². The van der Waals surface area contributed by atoms with E-state index in [9.17, 15) is 13.6 Å². The van der Waals surface area contributed by atoms with Crippen LogP contribution in [0.4, 0.5) is 8.78 Å². The lowest BCUT2D eigenvalue weighted by Gasteiger charge is -2.13. The summed E-state index contributed by atoms with van der Waals surface area (Å²) in [6, 6.07) is 12.2. The lowest BCUT2D eigenvalue weighted by Crippen LogP contribution is -2.24. The average molecular weight is 431 g/mol. The zero-order chi connectivity index (χ0) is 21.7. The third kappa shape index (κ3) is 4.90. The standard InChI is InChI=1S/C24H25ClF2N2O/c1-3-4-5-6-13-28-24(30)20-15-23(17-7-9-18(25)10-8-17)29(16(20)2)22-12-11-19(26)14-21(22)27/h7-12,14-15H,3-6,13H2,1-2H3,(H,28,30). The van der Waals surface area contributed by atoms with Gasteiger partial charge in [-0.25, -0.2) is 8.78 Å². The van der Waals surface area contributed by atoms with Gasteiger partial charge in [-0.1, -0.05) is 49.9 Å². The Morgan fingerprint density at radius 1 is 1.03 bits per heavy atom. The minimum Gasteiger partial charge on any atom is -0.352 e. The molecule has 3 rings (SSSR count). The van der Waals surface area contributed by atoms with Crippen LogP contribution in [-0.4, -0.2) is 17.0 Å². The van der Waals surface area contributed by atoms with Crippen LogP contribution in [0.25, 0.3) is 16.9 Å². The Bertz CT molecular complexity index is 1030. The molecule has 0 atom stereocenters. The molecule has 1 amide bonds. The minimum atomic E-state index is -0.699. The molecule has 3 aromatic rings. The number of halogens is 3. The van der Waals surface area contributed by atoms with Gasteiger partial charge in [0.15, 0.2) is 0 Å². The van der Waals surface area contributed by atoms with Gasteiger partial charge < -0.3 is 9.88 Å². The molecule has 0 aliphatic heterocycles. The Kier molecular flexibility index (Phi) is 7.27. The number of nitrogens with zero attached hydrogens (tertiary/aromatic N) is 1. The highest BCUT2D eigenvalue weighted by molar-refractivity contribution is 6.30. The Hall–Kier alpha value is -2.66. The summed E-state index contributed by atoms with van der Waals surface area (Å²) in [6.45, 7) is 4.48. The summed E-state index contributed by atoms with van der Waals surface area (Å²) < 4.78 is 29.7. The molecule has 0 unspecified atom stereocenters. The quantitative estimate of drug-likeness (QED) is 0.396. The summed E-state index contributed by atoms with van der Waals surface area (Å²) in [5, 5.41) is 3.52. The van der Waals surface area contributed by atoms with Crippen LogP contribution in [0.2, 0.25) is 5.02 Å². The van der Waals surface area contributed by atoms with Gasteiger partial charge in [-0.2, -0.15) is 0 Å². The molecule has 1 aromatic heterocycles. The fourth-order valence-electron chi connectivity index (χ4n) is 3.49. The van der Waals surface area contributed by atoms with Crippen molar-refractivity contribution in [1.29, 1.82) is 0 Å². The molecular formula is C24H25ClF2N2O. The van der Waals surface area contributed by atoms with E-state index in [4.69, 9.17) is 11.6 Å². The Morgan fingerprint density at radius 2 is 1.77 bits per heavy atom. The number of hydrogen-bond acceptors (Lipinski definition) is 1. The molecule has 1 N–H and O–H groups in total. The van der Waals surface area contributed by atoms with Crippen molar-refractivity contribution < 1.29 is 13.6 Å². The number of benzene rings is 2. The van der Waals surface area contributed by atoms with Gasteiger partial charge in [0.1, 0.15) is 11.6 Å². The number of carbonyl (C=O) groups excluding carboxylic acids is 1. The highest BCUT2D eigenvalue weighted by Gasteiger charge is 2.21. The lowest BCUT2D eigenvalue weighted by atomic mass is 10.1. The van der Waals surface area contributed by atoms with E-state index in [1.165, 1.54) is 12.1 Å². The van der Waals surface area contributed by atoms with Gasteiger partial charge in [0, 0.05) is 23.3 Å². The van der Waals surface area contributed by atoms with E-state index in [0.717, 1.165) is 37.3 Å². The van der Waals surface area contributed by atoms with Crippen molar-refractivity contribution in [3.8, 4) is 16.9 Å². The van der Waals surface area contributed by atoms with E-state index in [1.807, 2.05) is 12.1 Å². The number of carbonyl (C=O) groups is 1. The largest absolute Gasteiger partial charge is 0.352 e. The second-order valence-corrected chi connectivity index (χ2v) is 7.72. The van der Waals surface area contributed by atoms with Crippen molar-refractivity contribution in [3.05, 3.63) is 76.4 Å². The number of hydrogen-bond donors (Lipinski definition) is 1. The Labute approximate surface area is 180 Å². The fraction of sp³-hybridized carbons (Fsp3) is 0.292. The van der Waals surface area contributed by atoms with E-state index in [2.05, 4.69) is 12.2 Å². The summed E-state index contributed by atoms with van der Waals surface area (Å²) in [5.41, 5.74) is 2.62. The van der Waals surface area contributed by atoms with E-state index in [0.29, 0.717) is 28.5 Å². The summed E-state index contributed by atoms with van der Waals surface area (Å²) in [5.74, 6) is -1.56. The molecule has 0 aliphatic carbocycles. The first kappa shape index (κ1) is 22.0. The molecule has 0 spiro atoms. The average Bonchev–Trinajstić information content (AvgIpc) is 3.05. The van der Waals surface area contributed by atoms with Crippen molar-refractivity contribution in [2.24, 2.45) is 0 Å². The normalized spacial score (nSPS) is 11.0. The third-order valence-corrected chi connectivity index (χ3v) is 5.35. The molecule has 0 radical (unpaired) electrons. The van der Waals surface area contributed by atoms with Crippen LogP contribution in [0.3, 0.4) is 0 Å². The van der Waals surface area contributed by atoms with Crippen molar-refractivity contribution in [2.75, 3.05) is 6.54 Å². The van der Waals surface area contributed by atoms with E-state index in [1.54, 1.807) is 29.7 Å². The van der Waals surface area contributed by atoms with Gasteiger partial charge in [0.25, 0.3) is 5.91 Å². The molecule has 0 bridgehead atoms. The molecule has 158 valence electrons. The number of amides is 1. The van der Waals surface area contributed by atoms with Crippen LogP contribution in [0.1, 0.15) is 48.7 Å². The molecule has 30 heavy (non-hydrogen) atoms. The van der Waals surface area contributed by atoms with Gasteiger partial charge in [-0.3, -0.25) is 4.79 Å². The van der Waals surface area contributed by atoms with Gasteiger partial charge in [-0.05, 0) is 49.2 Å². The zero-order valence-electron chi connectivity index (χ0n) is 17.1. The first-order chi connectivity index (χ1) is 14.4. The first-order valence-electron chi connectivity index (χ1n) is 10.1. The maximum absolute atomic E-state index is 14.6. The van der Waals surface area contributed by atoms with Crippen LogP contribution in [0, 0.1) is 18.6 Å². The number of unbranched alkanes of at least 4 members (excludes halogenated alkanes) is 3. The van der Waals surface area contributed by atoms with Crippen molar-refractivity contribution >= 4 is 17.5 Å². The molecular weight excluding hydrogens is 406 g/mol. The molecule has 1 heterocycles. The molecule has 0 saturated heterocycles. The van der Waals surface area contributed by atoms with Crippen LogP contribution < -0.4 is 5.32 Å². The van der Waals surface area contributed by atoms with E-state index >= 15 is 0 Å². The zero-order valence-corrected chi connectivity index (χ0v) is 17.9. The fourth-order valence-corrected chi connectivity index (χ4v) is 3.62. The number of nitrogens with one attached hydrogen (secondary N) is 1. The number of rotatable bonds is 8. The number of aromatic nitrogens is 1. The smallest absolute Gasteiger partial charge is 0.253 e. The predicted molar refractivity (Wildman–Crippen MR) is 117 cm³/mol. The maximum atomic E-state index is 14.6. The van der Waals surface area contributed by atoms with E-state index < -0.39 is 11.6 Å². The summed E-state index contributed by atoms with van der Waals surface area (Å²) in [7, 11) is 0. The van der Waals surface area contributed by atoms with Gasteiger partial charge >= 0.3 is 0 Å². The van der Waals surface area contributed by atoms with Crippen LogP contribution in [0.15, 0.2) is 48.5 Å². The van der Waals surface area contributed by atoms with Crippen LogP contribution in [-0.2, 0) is 0 Å². The second kappa shape index (κ2) is 9.90. The minimum absolute atomic E-state index is 0.181. The highest BCUT2D eigenvalue weighted by atomic mass is 35.5. The lowest BCUT2D eigenvalue weighted by molar-refractivity contribution is 0.0952. The van der Waals surface area contributed by atoms with Crippen molar-refractivity contribution in [1.82, 2.24) is 9.88 Å². The van der Waals surface area contributed by atoms with Crippen LogP contribution in [0.5, 0.6) is 0 Å². The Balaban J connectivity index is 2.01. The molecule has 0 saturated carbocycles. The summed E-state index contributed by atoms with van der Waals surface area (Å²) in [6.07, 6.45) is 4.24. The molecule has 0 fully saturated rings. The third-order valence-electron chi connectivity index (χ3n) is 5.10. The van der Waals surface area contributed by atoms with Gasteiger partial charge in [0.2, 0.25) is 0 Å². The predicted octanol–water partition coefficient (Wildman–Crippen LogP) is 6.69. The van der Waals surface area contributed by atoms with E-state index in [-0.39, 0.29) is 11.6 Å². The van der Waals surface area contributed by atoms with Crippen molar-refractivity contribution in [3.63, 3.8) is 0 Å². The highest BCUT2D eigenvalue weighted by Crippen LogP contribution is 2.31. The molecule has 3 nitrogen and oxygen atoms in total. The second-order valence-electron chi connectivity index (χ2n) is 7.28.